The molecule has 0 spiro atoms. The monoisotopic (exact) mass is 341 g/mol. The highest BCUT2D eigenvalue weighted by atomic mass is 32.1. The lowest BCUT2D eigenvalue weighted by molar-refractivity contribution is 0.0726. The highest BCUT2D eigenvalue weighted by Gasteiger charge is 2.21. The first-order valence-corrected chi connectivity index (χ1v) is 8.51. The van der Waals surface area contributed by atoms with Crippen molar-refractivity contribution in [1.82, 2.24) is 14.0 Å². The molecule has 5 nitrogen and oxygen atoms in total. The molecule has 0 aliphatic rings. The fourth-order valence-corrected chi connectivity index (χ4v) is 3.30. The molecular weight excluding hydrogens is 322 g/mol. The Morgan fingerprint density at radius 1 is 1.04 bits per heavy atom. The van der Waals surface area contributed by atoms with E-state index in [0.29, 0.717) is 13.1 Å². The molecule has 0 aliphatic heterocycles. The van der Waals surface area contributed by atoms with Crippen molar-refractivity contribution in [2.24, 2.45) is 14.1 Å². The van der Waals surface area contributed by atoms with Crippen LogP contribution >= 0.6 is 11.3 Å². The fourth-order valence-electron chi connectivity index (χ4n) is 2.58. The minimum atomic E-state index is -0.273. The van der Waals surface area contributed by atoms with E-state index in [1.54, 1.807) is 41.6 Å². The van der Waals surface area contributed by atoms with E-state index in [1.165, 1.54) is 4.57 Å². The van der Waals surface area contributed by atoms with Crippen LogP contribution in [0.4, 0.5) is 0 Å². The molecule has 3 rings (SSSR count). The summed E-state index contributed by atoms with van der Waals surface area (Å²) in [5.41, 5.74) is 0.948. The molecule has 0 unspecified atom stereocenters. The molecule has 3 aromatic rings. The largest absolute Gasteiger partial charge is 0.353 e. The molecule has 0 bridgehead atoms. The number of aryl methyl sites for hydroxylation is 2. The highest BCUT2D eigenvalue weighted by Crippen LogP contribution is 2.16. The Morgan fingerprint density at radius 2 is 1.79 bits per heavy atom. The molecule has 1 amide bonds. The molecule has 0 atom stereocenters. The fraction of sp³-hybridized carbons (Fsp3) is 0.222. The normalized spacial score (nSPS) is 10.8. The number of hydrogen-bond acceptors (Lipinski definition) is 3. The number of carbonyl (C=O) groups is 1. The number of hydrogen-bond donors (Lipinski definition) is 0. The number of amides is 1. The zero-order valence-corrected chi connectivity index (χ0v) is 14.5. The van der Waals surface area contributed by atoms with Crippen LogP contribution in [0.2, 0.25) is 0 Å². The third-order valence-corrected chi connectivity index (χ3v) is 4.83. The summed E-state index contributed by atoms with van der Waals surface area (Å²) in [6.45, 7) is 0.942. The average Bonchev–Trinajstić information content (AvgIpc) is 3.21. The SMILES string of the molecule is Cn1cccc1CN(Cc1cccs1)C(=O)c1cccn(C)c1=O. The third kappa shape index (κ3) is 3.33. The zero-order chi connectivity index (χ0) is 17.1. The minimum Gasteiger partial charge on any atom is -0.353 e. The van der Waals surface area contributed by atoms with Gasteiger partial charge in [0.05, 0.1) is 13.1 Å². The van der Waals surface area contributed by atoms with Crippen LogP contribution in [-0.4, -0.2) is 19.9 Å². The van der Waals surface area contributed by atoms with Crippen LogP contribution < -0.4 is 5.56 Å². The summed E-state index contributed by atoms with van der Waals surface area (Å²) in [4.78, 5) is 28.1. The standard InChI is InChI=1S/C18H19N3O2S/c1-19-9-3-6-14(19)12-21(13-15-7-5-11-24-15)18(23)16-8-4-10-20(2)17(16)22/h3-11H,12-13H2,1-2H3. The lowest BCUT2D eigenvalue weighted by atomic mass is 10.2. The van der Waals surface area contributed by atoms with Gasteiger partial charge in [0.1, 0.15) is 5.56 Å². The molecule has 124 valence electrons. The second kappa shape index (κ2) is 6.88. The van der Waals surface area contributed by atoms with Gasteiger partial charge in [-0.05, 0) is 35.7 Å². The van der Waals surface area contributed by atoms with Gasteiger partial charge in [0.15, 0.2) is 0 Å². The van der Waals surface area contributed by atoms with Crippen LogP contribution in [0.5, 0.6) is 0 Å². The van der Waals surface area contributed by atoms with Crippen LogP contribution in [-0.2, 0) is 27.2 Å². The predicted molar refractivity (Wildman–Crippen MR) is 95.0 cm³/mol. The molecule has 0 N–H and O–H groups in total. The molecule has 0 aromatic carbocycles. The number of pyridine rings is 1. The van der Waals surface area contributed by atoms with Gasteiger partial charge in [-0.3, -0.25) is 9.59 Å². The van der Waals surface area contributed by atoms with Crippen molar-refractivity contribution < 1.29 is 4.79 Å². The van der Waals surface area contributed by atoms with Crippen LogP contribution in [0, 0.1) is 0 Å². The summed E-state index contributed by atoms with van der Waals surface area (Å²) in [5.74, 6) is -0.245. The Labute approximate surface area is 144 Å². The minimum absolute atomic E-state index is 0.200. The Kier molecular flexibility index (Phi) is 4.66. The molecule has 24 heavy (non-hydrogen) atoms. The maximum absolute atomic E-state index is 13.0. The van der Waals surface area contributed by atoms with Gasteiger partial charge in [0.25, 0.3) is 11.5 Å². The highest BCUT2D eigenvalue weighted by molar-refractivity contribution is 7.09. The number of rotatable bonds is 5. The van der Waals surface area contributed by atoms with E-state index in [4.69, 9.17) is 0 Å². The summed E-state index contributed by atoms with van der Waals surface area (Å²) in [6.07, 6.45) is 3.60. The van der Waals surface area contributed by atoms with Gasteiger partial charge in [-0.15, -0.1) is 11.3 Å². The van der Waals surface area contributed by atoms with E-state index >= 15 is 0 Å². The molecule has 0 radical (unpaired) electrons. The second-order valence-electron chi connectivity index (χ2n) is 5.69. The summed E-state index contributed by atoms with van der Waals surface area (Å²) in [7, 11) is 3.60. The van der Waals surface area contributed by atoms with Crippen molar-refractivity contribution >= 4 is 17.2 Å². The van der Waals surface area contributed by atoms with Crippen molar-refractivity contribution in [3.63, 3.8) is 0 Å². The Morgan fingerprint density at radius 3 is 2.46 bits per heavy atom. The average molecular weight is 341 g/mol. The molecule has 0 saturated heterocycles. The molecule has 0 aliphatic carbocycles. The second-order valence-corrected chi connectivity index (χ2v) is 6.72. The quantitative estimate of drug-likeness (QED) is 0.716. The maximum atomic E-state index is 13.0. The first-order chi connectivity index (χ1) is 11.6. The van der Waals surface area contributed by atoms with Crippen LogP contribution in [0.3, 0.4) is 0 Å². The van der Waals surface area contributed by atoms with Crippen molar-refractivity contribution in [2.45, 2.75) is 13.1 Å². The van der Waals surface area contributed by atoms with E-state index in [9.17, 15) is 9.59 Å². The van der Waals surface area contributed by atoms with Crippen molar-refractivity contribution in [3.05, 3.63) is 80.7 Å². The van der Waals surface area contributed by atoms with E-state index in [2.05, 4.69) is 0 Å². The first-order valence-electron chi connectivity index (χ1n) is 7.64. The molecule has 3 aromatic heterocycles. The number of nitrogens with zero attached hydrogens (tertiary/aromatic N) is 3. The summed E-state index contributed by atoms with van der Waals surface area (Å²) in [5, 5.41) is 1.99. The van der Waals surface area contributed by atoms with Gasteiger partial charge in [-0.1, -0.05) is 6.07 Å². The topological polar surface area (TPSA) is 47.2 Å². The Balaban J connectivity index is 1.94. The van der Waals surface area contributed by atoms with Crippen LogP contribution in [0.1, 0.15) is 20.9 Å². The van der Waals surface area contributed by atoms with E-state index in [-0.39, 0.29) is 17.0 Å². The van der Waals surface area contributed by atoms with E-state index in [1.807, 2.05) is 47.5 Å². The van der Waals surface area contributed by atoms with Gasteiger partial charge in [-0.2, -0.15) is 0 Å². The summed E-state index contributed by atoms with van der Waals surface area (Å²) < 4.78 is 3.41. The van der Waals surface area contributed by atoms with E-state index in [0.717, 1.165) is 10.6 Å². The molecule has 3 heterocycles. The van der Waals surface area contributed by atoms with Gasteiger partial charge >= 0.3 is 0 Å². The molecule has 0 saturated carbocycles. The summed E-state index contributed by atoms with van der Waals surface area (Å²) >= 11 is 1.60. The zero-order valence-electron chi connectivity index (χ0n) is 13.7. The van der Waals surface area contributed by atoms with Gasteiger partial charge in [0, 0.05) is 37.1 Å². The van der Waals surface area contributed by atoms with E-state index < -0.39 is 0 Å². The maximum Gasteiger partial charge on any atom is 0.263 e. The predicted octanol–water partition coefficient (Wildman–Crippen LogP) is 2.63. The summed E-state index contributed by atoms with van der Waals surface area (Å²) in [6, 6.07) is 11.2. The van der Waals surface area contributed by atoms with Crippen molar-refractivity contribution in [2.75, 3.05) is 0 Å². The number of thiophene rings is 1. The Hall–Kier alpha value is -2.60. The lowest BCUT2D eigenvalue weighted by Gasteiger charge is -2.22. The Bertz CT molecular complexity index is 893. The van der Waals surface area contributed by atoms with Crippen LogP contribution in [0.25, 0.3) is 0 Å². The molecule has 0 fully saturated rings. The van der Waals surface area contributed by atoms with Gasteiger partial charge in [-0.25, -0.2) is 0 Å². The third-order valence-electron chi connectivity index (χ3n) is 3.97. The molecular formula is C18H19N3O2S. The smallest absolute Gasteiger partial charge is 0.263 e. The van der Waals surface area contributed by atoms with Gasteiger partial charge in [0.2, 0.25) is 0 Å². The number of aromatic nitrogens is 2. The molecule has 6 heteroatoms. The van der Waals surface area contributed by atoms with Crippen LogP contribution in [0.15, 0.2) is 59.0 Å². The first kappa shape index (κ1) is 16.3. The number of carbonyl (C=O) groups excluding carboxylic acids is 1. The lowest BCUT2D eigenvalue weighted by Crippen LogP contribution is -2.35. The van der Waals surface area contributed by atoms with Crippen molar-refractivity contribution in [1.29, 1.82) is 0 Å². The van der Waals surface area contributed by atoms with Crippen molar-refractivity contribution in [3.8, 4) is 0 Å². The van der Waals surface area contributed by atoms with Gasteiger partial charge < -0.3 is 14.0 Å².